The molecule has 3 heterocycles. The molecule has 0 atom stereocenters. The van der Waals surface area contributed by atoms with Gasteiger partial charge in [0.2, 0.25) is 0 Å². The number of hydrogen-bond donors (Lipinski definition) is 0. The molecule has 70 heavy (non-hydrogen) atoms. The van der Waals surface area contributed by atoms with Crippen LogP contribution in [0.1, 0.15) is 0 Å². The van der Waals surface area contributed by atoms with Crippen LogP contribution < -0.4 is 20.7 Å². The predicted molar refractivity (Wildman–Crippen MR) is 299 cm³/mol. The Labute approximate surface area is 407 Å². The van der Waals surface area contributed by atoms with Crippen LogP contribution in [0.2, 0.25) is 0 Å². The molecule has 0 fully saturated rings. The first-order valence-electron chi connectivity index (χ1n) is 24.2. The molecular weight excluding hydrogens is 863 g/mol. The Balaban J connectivity index is 0.977. The molecule has 3 aromatic heterocycles. The highest BCUT2D eigenvalue weighted by atomic mass is 28.3. The number of para-hydroxylation sites is 5. The maximum absolute atomic E-state index is 2.77. The van der Waals surface area contributed by atoms with Gasteiger partial charge in [-0.2, -0.15) is 0 Å². The minimum absolute atomic E-state index is 1.13. The molecule has 0 amide bonds. The van der Waals surface area contributed by atoms with Gasteiger partial charge in [-0.05, 0) is 93.0 Å². The molecule has 0 aliphatic heterocycles. The largest absolute Gasteiger partial charge is 0.309 e. The summed E-state index contributed by atoms with van der Waals surface area (Å²) in [4.78, 5) is 0. The quantitative estimate of drug-likeness (QED) is 0.107. The van der Waals surface area contributed by atoms with Gasteiger partial charge in [0, 0.05) is 54.9 Å². The Morgan fingerprint density at radius 2 is 0.657 bits per heavy atom. The van der Waals surface area contributed by atoms with Crippen molar-refractivity contribution in [2.75, 3.05) is 0 Å². The molecule has 4 heteroatoms. The number of hydrogen-bond acceptors (Lipinski definition) is 0. The van der Waals surface area contributed by atoms with Crippen molar-refractivity contribution in [3.05, 3.63) is 273 Å². The van der Waals surface area contributed by atoms with Crippen LogP contribution in [0.25, 0.3) is 93.6 Å². The average Bonchev–Trinajstić information content (AvgIpc) is 4.08. The number of nitrogens with zero attached hydrogens (tertiary/aromatic N) is 3. The standard InChI is InChI=1S/C66H45N3Si/c1-5-21-47(22-6-1)69-63-38-18-14-32-56(63)59-35-20-34-54(66(59)69)46-39-41-58-55-31-13-16-36-61(55)68(65(58)43-46)49-40-42-64-60(45-49)57-33-15-17-37-62(57)67(64)48-23-19-30-53(44-48)70(50-24-7-2-8-25-50,51-26-9-3-10-27-51)52-28-11-4-12-29-52/h1-45H. The fourth-order valence-electron chi connectivity index (χ4n) is 11.8. The second-order valence-corrected chi connectivity index (χ2v) is 22.2. The van der Waals surface area contributed by atoms with Crippen molar-refractivity contribution < 1.29 is 0 Å². The normalized spacial score (nSPS) is 12.0. The zero-order valence-corrected chi connectivity index (χ0v) is 39.3. The number of aromatic nitrogens is 3. The summed E-state index contributed by atoms with van der Waals surface area (Å²) in [6.07, 6.45) is 0. The molecule has 0 bridgehead atoms. The van der Waals surface area contributed by atoms with Crippen molar-refractivity contribution in [3.8, 4) is 28.2 Å². The Kier molecular flexibility index (Phi) is 9.23. The van der Waals surface area contributed by atoms with Crippen LogP contribution in [0, 0.1) is 0 Å². The first kappa shape index (κ1) is 40.1. The van der Waals surface area contributed by atoms with Crippen molar-refractivity contribution in [2.24, 2.45) is 0 Å². The lowest BCUT2D eigenvalue weighted by atomic mass is 10.00. The smallest absolute Gasteiger partial charge is 0.179 e. The Morgan fingerprint density at radius 3 is 1.29 bits per heavy atom. The third-order valence-corrected chi connectivity index (χ3v) is 19.5. The summed E-state index contributed by atoms with van der Waals surface area (Å²) in [7, 11) is -2.77. The van der Waals surface area contributed by atoms with Crippen LogP contribution in [0.4, 0.5) is 0 Å². The minimum atomic E-state index is -2.77. The van der Waals surface area contributed by atoms with Gasteiger partial charge in [0.1, 0.15) is 0 Å². The summed E-state index contributed by atoms with van der Waals surface area (Å²) < 4.78 is 7.40. The van der Waals surface area contributed by atoms with Gasteiger partial charge in [0.25, 0.3) is 0 Å². The van der Waals surface area contributed by atoms with Crippen molar-refractivity contribution in [3.63, 3.8) is 0 Å². The Morgan fingerprint density at radius 1 is 0.229 bits per heavy atom. The molecule has 0 aliphatic carbocycles. The van der Waals surface area contributed by atoms with Gasteiger partial charge < -0.3 is 13.7 Å². The van der Waals surface area contributed by atoms with E-state index in [1.807, 2.05) is 0 Å². The van der Waals surface area contributed by atoms with E-state index in [9.17, 15) is 0 Å². The third-order valence-electron chi connectivity index (χ3n) is 14.8. The highest BCUT2D eigenvalue weighted by molar-refractivity contribution is 7.19. The summed E-state index contributed by atoms with van der Waals surface area (Å²) in [6.45, 7) is 0. The predicted octanol–water partition coefficient (Wildman–Crippen LogP) is 14.0. The Hall–Kier alpha value is -8.96. The van der Waals surface area contributed by atoms with Crippen molar-refractivity contribution in [1.82, 2.24) is 13.7 Å². The van der Waals surface area contributed by atoms with Crippen molar-refractivity contribution in [2.45, 2.75) is 0 Å². The van der Waals surface area contributed by atoms with E-state index in [0.717, 1.165) is 17.1 Å². The molecule has 0 aliphatic rings. The van der Waals surface area contributed by atoms with Gasteiger partial charge in [-0.25, -0.2) is 0 Å². The second kappa shape index (κ2) is 16.1. The zero-order chi connectivity index (χ0) is 46.2. The first-order chi connectivity index (χ1) is 34.8. The molecule has 0 spiro atoms. The van der Waals surface area contributed by atoms with Gasteiger partial charge >= 0.3 is 0 Å². The average molecular weight is 908 g/mol. The maximum atomic E-state index is 2.48. The molecule has 0 saturated heterocycles. The van der Waals surface area contributed by atoms with Crippen LogP contribution in [-0.4, -0.2) is 21.8 Å². The molecule has 328 valence electrons. The van der Waals surface area contributed by atoms with E-state index in [4.69, 9.17) is 0 Å². The van der Waals surface area contributed by atoms with Crippen LogP contribution >= 0.6 is 0 Å². The summed E-state index contributed by atoms with van der Waals surface area (Å²) in [6, 6.07) is 101. The van der Waals surface area contributed by atoms with E-state index < -0.39 is 8.07 Å². The molecule has 14 aromatic rings. The van der Waals surface area contributed by atoms with E-state index in [1.54, 1.807) is 0 Å². The van der Waals surface area contributed by atoms with Crippen LogP contribution in [0.3, 0.4) is 0 Å². The SMILES string of the molecule is c1ccc(-n2c3ccccc3c3cccc(-c4ccc5c6ccccc6n(-c6ccc7c(c6)c6ccccc6n7-c6cccc([Si](c7ccccc7)(c7ccccc7)c7ccccc7)c6)c5c4)c32)cc1. The molecule has 0 N–H and O–H groups in total. The highest BCUT2D eigenvalue weighted by Crippen LogP contribution is 2.42. The monoisotopic (exact) mass is 907 g/mol. The molecule has 0 unspecified atom stereocenters. The summed E-state index contributed by atoms with van der Waals surface area (Å²) >= 11 is 0. The lowest BCUT2D eigenvalue weighted by Gasteiger charge is -2.34. The Bertz CT molecular complexity index is 4180. The van der Waals surface area contributed by atoms with Gasteiger partial charge in [-0.15, -0.1) is 0 Å². The highest BCUT2D eigenvalue weighted by Gasteiger charge is 2.41. The van der Waals surface area contributed by atoms with E-state index in [1.165, 1.54) is 97.3 Å². The van der Waals surface area contributed by atoms with Crippen LogP contribution in [-0.2, 0) is 0 Å². The summed E-state index contributed by atoms with van der Waals surface area (Å²) in [5.41, 5.74) is 13.0. The summed E-state index contributed by atoms with van der Waals surface area (Å²) in [5.74, 6) is 0. The fraction of sp³-hybridized carbons (Fsp3) is 0. The number of rotatable bonds is 8. The minimum Gasteiger partial charge on any atom is -0.309 e. The van der Waals surface area contributed by atoms with Crippen LogP contribution in [0.15, 0.2) is 273 Å². The second-order valence-electron chi connectivity index (χ2n) is 18.4. The molecule has 3 nitrogen and oxygen atoms in total. The van der Waals surface area contributed by atoms with Crippen LogP contribution in [0.5, 0.6) is 0 Å². The molecule has 0 radical (unpaired) electrons. The summed E-state index contributed by atoms with van der Waals surface area (Å²) in [5, 5.41) is 12.8. The topological polar surface area (TPSA) is 14.8 Å². The molecule has 0 saturated carbocycles. The fourth-order valence-corrected chi connectivity index (χ4v) is 16.6. The number of fused-ring (bicyclic) bond motifs is 9. The van der Waals surface area contributed by atoms with Crippen molar-refractivity contribution >= 4 is 94.2 Å². The van der Waals surface area contributed by atoms with Gasteiger partial charge in [0.05, 0.1) is 33.1 Å². The first-order valence-corrected chi connectivity index (χ1v) is 26.2. The molecular formula is C66H45N3Si. The lowest BCUT2D eigenvalue weighted by molar-refractivity contribution is 1.17. The lowest BCUT2D eigenvalue weighted by Crippen LogP contribution is -2.74. The van der Waals surface area contributed by atoms with Gasteiger partial charge in [0.15, 0.2) is 8.07 Å². The third kappa shape index (κ3) is 6.00. The number of benzene rings is 11. The van der Waals surface area contributed by atoms with E-state index in [2.05, 4.69) is 287 Å². The zero-order valence-electron chi connectivity index (χ0n) is 38.3. The van der Waals surface area contributed by atoms with Gasteiger partial charge in [-0.1, -0.05) is 206 Å². The molecule has 14 rings (SSSR count). The van der Waals surface area contributed by atoms with E-state index in [0.29, 0.717) is 0 Å². The van der Waals surface area contributed by atoms with Crippen molar-refractivity contribution in [1.29, 1.82) is 0 Å². The van der Waals surface area contributed by atoms with Gasteiger partial charge in [-0.3, -0.25) is 0 Å². The van der Waals surface area contributed by atoms with E-state index >= 15 is 0 Å². The maximum Gasteiger partial charge on any atom is 0.179 e. The molecule has 11 aromatic carbocycles. The van der Waals surface area contributed by atoms with E-state index in [-0.39, 0.29) is 0 Å².